The maximum Gasteiger partial charge on any atom is 0.398 e. The number of nitrogens with two attached hydrogens (primary N) is 2. The third-order valence-corrected chi connectivity index (χ3v) is 7.81. The molecule has 3 aromatic rings. The summed E-state index contributed by atoms with van der Waals surface area (Å²) in [7, 11) is 0. The summed E-state index contributed by atoms with van der Waals surface area (Å²) in [5.41, 5.74) is 13.0. The molecule has 40 heavy (non-hydrogen) atoms. The Morgan fingerprint density at radius 2 is 1.73 bits per heavy atom. The fourth-order valence-corrected chi connectivity index (χ4v) is 5.34. The standard InChI is InChI=1S/C31H39F3N2O4/c1-6-18-9-7-8-10-21(18)25-15-19-11-12-20(16-24(19)39-25)38-22-13-14-23(27(22)31(32,33)34)40-28(37)30(4,5)26(35)17-29(2,3)36/h7-12,15-16,22-23,26-27H,6,13-14,17,35-36H2,1-5H3. The summed E-state index contributed by atoms with van der Waals surface area (Å²) in [6, 6.07) is 14.2. The molecule has 1 fully saturated rings. The molecule has 0 saturated heterocycles. The predicted octanol–water partition coefficient (Wildman–Crippen LogP) is 6.77. The lowest BCUT2D eigenvalue weighted by Crippen LogP contribution is -2.51. The van der Waals surface area contributed by atoms with Gasteiger partial charge in [-0.15, -0.1) is 0 Å². The van der Waals surface area contributed by atoms with Gasteiger partial charge < -0.3 is 25.4 Å². The van der Waals surface area contributed by atoms with Crippen molar-refractivity contribution in [1.82, 2.24) is 0 Å². The lowest BCUT2D eigenvalue weighted by molar-refractivity contribution is -0.218. The summed E-state index contributed by atoms with van der Waals surface area (Å²) in [4.78, 5) is 13.0. The number of hydrogen-bond donors (Lipinski definition) is 2. The van der Waals surface area contributed by atoms with Gasteiger partial charge >= 0.3 is 12.1 Å². The summed E-state index contributed by atoms with van der Waals surface area (Å²) in [6.45, 7) is 8.76. The van der Waals surface area contributed by atoms with Gasteiger partial charge in [-0.25, -0.2) is 0 Å². The van der Waals surface area contributed by atoms with Crippen LogP contribution in [0.3, 0.4) is 0 Å². The van der Waals surface area contributed by atoms with Crippen molar-refractivity contribution in [2.45, 2.75) is 90.3 Å². The van der Waals surface area contributed by atoms with Gasteiger partial charge in [-0.3, -0.25) is 4.79 Å². The highest BCUT2D eigenvalue weighted by molar-refractivity contribution is 5.84. The van der Waals surface area contributed by atoms with Crippen LogP contribution in [0.25, 0.3) is 22.3 Å². The van der Waals surface area contributed by atoms with E-state index in [1.807, 2.05) is 30.3 Å². The smallest absolute Gasteiger partial charge is 0.398 e. The maximum absolute atomic E-state index is 14.3. The van der Waals surface area contributed by atoms with Crippen molar-refractivity contribution >= 4 is 16.9 Å². The first-order valence-corrected chi connectivity index (χ1v) is 13.7. The molecule has 0 spiro atoms. The van der Waals surface area contributed by atoms with E-state index in [0.717, 1.165) is 22.9 Å². The topological polar surface area (TPSA) is 101 Å². The molecule has 218 valence electrons. The first kappa shape index (κ1) is 29.9. The van der Waals surface area contributed by atoms with Crippen molar-refractivity contribution < 1.29 is 31.9 Å². The minimum atomic E-state index is -4.64. The van der Waals surface area contributed by atoms with Crippen molar-refractivity contribution in [1.29, 1.82) is 0 Å². The third kappa shape index (κ3) is 6.47. The molecule has 2 aromatic carbocycles. The SMILES string of the molecule is CCc1ccccc1-c1cc2ccc(OC3CCC(OC(=O)C(C)(C)C(N)CC(C)(C)N)C3C(F)(F)F)cc2o1. The fraction of sp³-hybridized carbons (Fsp3) is 0.516. The highest BCUT2D eigenvalue weighted by Crippen LogP contribution is 2.44. The van der Waals surface area contributed by atoms with Gasteiger partial charge in [0.25, 0.3) is 0 Å². The second-order valence-corrected chi connectivity index (χ2v) is 12.1. The Labute approximate surface area is 233 Å². The van der Waals surface area contributed by atoms with E-state index in [1.54, 1.807) is 45.9 Å². The molecule has 1 aliphatic rings. The van der Waals surface area contributed by atoms with Gasteiger partial charge in [0.15, 0.2) is 0 Å². The van der Waals surface area contributed by atoms with Crippen LogP contribution >= 0.6 is 0 Å². The molecule has 1 aliphatic carbocycles. The van der Waals surface area contributed by atoms with E-state index in [2.05, 4.69) is 6.92 Å². The number of ether oxygens (including phenoxy) is 2. The number of carbonyl (C=O) groups is 1. The number of fused-ring (bicyclic) bond motifs is 1. The normalized spacial score (nSPS) is 21.0. The summed E-state index contributed by atoms with van der Waals surface area (Å²) < 4.78 is 60.3. The van der Waals surface area contributed by atoms with Crippen molar-refractivity contribution in [3.05, 3.63) is 54.1 Å². The summed E-state index contributed by atoms with van der Waals surface area (Å²) in [5.74, 6) is -1.81. The average Bonchev–Trinajstić information content (AvgIpc) is 3.46. The van der Waals surface area contributed by atoms with Crippen LogP contribution < -0.4 is 16.2 Å². The molecule has 1 heterocycles. The van der Waals surface area contributed by atoms with Crippen LogP contribution in [0.1, 0.15) is 59.4 Å². The van der Waals surface area contributed by atoms with E-state index in [-0.39, 0.29) is 18.6 Å². The molecular weight excluding hydrogens is 521 g/mol. The molecule has 4 atom stereocenters. The number of furan rings is 1. The number of esters is 1. The van der Waals surface area contributed by atoms with Gasteiger partial charge in [0.05, 0.1) is 5.41 Å². The number of benzene rings is 2. The molecular formula is C31H39F3N2O4. The third-order valence-electron chi connectivity index (χ3n) is 7.81. The van der Waals surface area contributed by atoms with E-state index in [9.17, 15) is 18.0 Å². The van der Waals surface area contributed by atoms with Crippen LogP contribution in [0.5, 0.6) is 5.75 Å². The molecule has 0 bridgehead atoms. The Balaban J connectivity index is 1.52. The van der Waals surface area contributed by atoms with Crippen LogP contribution in [0.15, 0.2) is 52.9 Å². The number of aryl methyl sites for hydroxylation is 1. The lowest BCUT2D eigenvalue weighted by Gasteiger charge is -2.35. The van der Waals surface area contributed by atoms with E-state index >= 15 is 0 Å². The molecule has 4 rings (SSSR count). The Morgan fingerprint density at radius 1 is 1.05 bits per heavy atom. The lowest BCUT2D eigenvalue weighted by atomic mass is 9.79. The molecule has 0 amide bonds. The predicted molar refractivity (Wildman–Crippen MR) is 149 cm³/mol. The molecule has 9 heteroatoms. The maximum atomic E-state index is 14.3. The Morgan fingerprint density at radius 3 is 2.38 bits per heavy atom. The van der Waals surface area contributed by atoms with E-state index < -0.39 is 47.3 Å². The monoisotopic (exact) mass is 560 g/mol. The quantitative estimate of drug-likeness (QED) is 0.280. The van der Waals surface area contributed by atoms with Crippen molar-refractivity contribution in [3.63, 3.8) is 0 Å². The van der Waals surface area contributed by atoms with Crippen LogP contribution in [-0.2, 0) is 16.0 Å². The van der Waals surface area contributed by atoms with Crippen molar-refractivity contribution in [2.24, 2.45) is 22.8 Å². The van der Waals surface area contributed by atoms with Crippen molar-refractivity contribution in [2.75, 3.05) is 0 Å². The fourth-order valence-electron chi connectivity index (χ4n) is 5.34. The molecule has 4 N–H and O–H groups in total. The van der Waals surface area contributed by atoms with Crippen LogP contribution in [0, 0.1) is 11.3 Å². The number of rotatable bonds is 9. The molecule has 1 aromatic heterocycles. The number of alkyl halides is 3. The number of carbonyl (C=O) groups excluding carboxylic acids is 1. The molecule has 0 aliphatic heterocycles. The Bertz CT molecular complexity index is 1340. The first-order valence-electron chi connectivity index (χ1n) is 13.7. The van der Waals surface area contributed by atoms with E-state index in [1.165, 1.54) is 0 Å². The minimum Gasteiger partial charge on any atom is -0.489 e. The van der Waals surface area contributed by atoms with Crippen LogP contribution in [0.2, 0.25) is 0 Å². The zero-order valence-electron chi connectivity index (χ0n) is 23.7. The summed E-state index contributed by atoms with van der Waals surface area (Å²) in [6.07, 6.45) is -5.99. The zero-order chi connectivity index (χ0) is 29.5. The zero-order valence-corrected chi connectivity index (χ0v) is 23.7. The molecule has 4 unspecified atom stereocenters. The largest absolute Gasteiger partial charge is 0.489 e. The van der Waals surface area contributed by atoms with Crippen LogP contribution in [-0.4, -0.2) is 35.9 Å². The second-order valence-electron chi connectivity index (χ2n) is 12.1. The van der Waals surface area contributed by atoms with Gasteiger partial charge in [0.1, 0.15) is 35.2 Å². The second kappa shape index (κ2) is 11.1. The summed E-state index contributed by atoms with van der Waals surface area (Å²) >= 11 is 0. The number of halogens is 3. The Kier molecular flexibility index (Phi) is 8.30. The van der Waals surface area contributed by atoms with Crippen LogP contribution in [0.4, 0.5) is 13.2 Å². The van der Waals surface area contributed by atoms with E-state index in [0.29, 0.717) is 17.8 Å². The minimum absolute atomic E-state index is 0.0230. The molecule has 6 nitrogen and oxygen atoms in total. The highest BCUT2D eigenvalue weighted by atomic mass is 19.4. The Hall–Kier alpha value is -3.04. The van der Waals surface area contributed by atoms with Gasteiger partial charge in [0, 0.05) is 28.6 Å². The highest BCUT2D eigenvalue weighted by Gasteiger charge is 2.56. The average molecular weight is 561 g/mol. The van der Waals surface area contributed by atoms with Gasteiger partial charge in [-0.1, -0.05) is 31.2 Å². The van der Waals surface area contributed by atoms with E-state index in [4.69, 9.17) is 25.4 Å². The number of hydrogen-bond acceptors (Lipinski definition) is 6. The van der Waals surface area contributed by atoms with Crippen molar-refractivity contribution in [3.8, 4) is 17.1 Å². The molecule has 1 saturated carbocycles. The van der Waals surface area contributed by atoms with Gasteiger partial charge in [-0.2, -0.15) is 13.2 Å². The first-order chi connectivity index (χ1) is 18.6. The van der Waals surface area contributed by atoms with Gasteiger partial charge in [-0.05, 0) is 77.1 Å². The molecule has 0 radical (unpaired) electrons. The summed E-state index contributed by atoms with van der Waals surface area (Å²) in [5, 5.41) is 0.818. The van der Waals surface area contributed by atoms with Gasteiger partial charge in [0.2, 0.25) is 0 Å².